The summed E-state index contributed by atoms with van der Waals surface area (Å²) in [5.41, 5.74) is 1.10. The molecular formula is C23H30FN3O3S2. The second-order valence-corrected chi connectivity index (χ2v) is 10.6. The summed E-state index contributed by atoms with van der Waals surface area (Å²) >= 11 is 2.49. The zero-order chi connectivity index (χ0) is 22.9. The SMILES string of the molecule is CC1CCC(N(CCCCc2ccc(F)cc2)C(=O)Nc2ncc(SCC(=O)O)s2)CC1. The average Bonchev–Trinajstić information content (AvgIpc) is 3.21. The van der Waals surface area contributed by atoms with E-state index in [1.807, 2.05) is 17.0 Å². The largest absolute Gasteiger partial charge is 0.481 e. The molecule has 2 aromatic rings. The van der Waals surface area contributed by atoms with Gasteiger partial charge in [-0.15, -0.1) is 11.8 Å². The molecule has 0 radical (unpaired) electrons. The lowest BCUT2D eigenvalue weighted by molar-refractivity contribution is -0.133. The fourth-order valence-corrected chi connectivity index (χ4v) is 5.53. The van der Waals surface area contributed by atoms with E-state index in [9.17, 15) is 14.0 Å². The van der Waals surface area contributed by atoms with Gasteiger partial charge in [0.25, 0.3) is 0 Å². The molecule has 0 aliphatic heterocycles. The van der Waals surface area contributed by atoms with Gasteiger partial charge in [-0.3, -0.25) is 10.1 Å². The number of thioether (sulfide) groups is 1. The maximum absolute atomic E-state index is 13.1. The monoisotopic (exact) mass is 479 g/mol. The predicted molar refractivity (Wildman–Crippen MR) is 127 cm³/mol. The third-order valence-electron chi connectivity index (χ3n) is 5.75. The van der Waals surface area contributed by atoms with Crippen molar-refractivity contribution >= 4 is 40.2 Å². The highest BCUT2D eigenvalue weighted by molar-refractivity contribution is 8.01. The van der Waals surface area contributed by atoms with Crippen molar-refractivity contribution < 1.29 is 19.1 Å². The van der Waals surface area contributed by atoms with Crippen molar-refractivity contribution in [3.8, 4) is 0 Å². The first-order chi connectivity index (χ1) is 15.4. The summed E-state index contributed by atoms with van der Waals surface area (Å²) in [5.74, 6) is -0.444. The van der Waals surface area contributed by atoms with Crippen LogP contribution in [-0.4, -0.2) is 45.3 Å². The van der Waals surface area contributed by atoms with Gasteiger partial charge < -0.3 is 10.0 Å². The van der Waals surface area contributed by atoms with Gasteiger partial charge in [-0.05, 0) is 68.6 Å². The average molecular weight is 480 g/mol. The first kappa shape index (κ1) is 24.5. The van der Waals surface area contributed by atoms with Gasteiger partial charge in [0, 0.05) is 12.6 Å². The number of rotatable bonds is 10. The first-order valence-electron chi connectivity index (χ1n) is 11.0. The van der Waals surface area contributed by atoms with Crippen LogP contribution < -0.4 is 5.32 Å². The molecule has 3 rings (SSSR count). The minimum Gasteiger partial charge on any atom is -0.481 e. The van der Waals surface area contributed by atoms with E-state index in [1.165, 1.54) is 35.2 Å². The Bertz CT molecular complexity index is 883. The standard InChI is InChI=1S/C23H30FN3O3S2/c1-16-5-11-19(12-6-16)27(13-3-2-4-17-7-9-18(24)10-8-17)23(30)26-22-25-14-21(32-22)31-15-20(28)29/h7-10,14,16,19H,2-6,11-13,15H2,1H3,(H,28,29)(H,25,26,30). The number of carbonyl (C=O) groups is 2. The van der Waals surface area contributed by atoms with Crippen molar-refractivity contribution in [1.29, 1.82) is 0 Å². The van der Waals surface area contributed by atoms with Gasteiger partial charge in [-0.2, -0.15) is 0 Å². The number of carboxylic acid groups (broad SMARTS) is 1. The van der Waals surface area contributed by atoms with E-state index < -0.39 is 5.97 Å². The Morgan fingerprint density at radius 2 is 1.94 bits per heavy atom. The number of carbonyl (C=O) groups excluding carboxylic acids is 1. The Kier molecular flexibility index (Phi) is 9.35. The van der Waals surface area contributed by atoms with Crippen molar-refractivity contribution in [2.75, 3.05) is 17.6 Å². The number of aryl methyl sites for hydroxylation is 1. The number of hydrogen-bond acceptors (Lipinski definition) is 5. The molecule has 6 nitrogen and oxygen atoms in total. The number of nitrogens with one attached hydrogen (secondary N) is 1. The summed E-state index contributed by atoms with van der Waals surface area (Å²) in [7, 11) is 0. The highest BCUT2D eigenvalue weighted by Gasteiger charge is 2.27. The van der Waals surface area contributed by atoms with E-state index in [4.69, 9.17) is 5.11 Å². The van der Waals surface area contributed by atoms with Crippen LogP contribution in [0.5, 0.6) is 0 Å². The van der Waals surface area contributed by atoms with Crippen molar-refractivity contribution in [2.24, 2.45) is 5.92 Å². The lowest BCUT2D eigenvalue weighted by Crippen LogP contribution is -2.45. The van der Waals surface area contributed by atoms with E-state index in [0.29, 0.717) is 17.6 Å². The third kappa shape index (κ3) is 7.78. The Morgan fingerprint density at radius 1 is 1.22 bits per heavy atom. The number of amides is 2. The predicted octanol–water partition coefficient (Wildman–Crippen LogP) is 5.89. The molecular weight excluding hydrogens is 449 g/mol. The number of aliphatic carboxylic acids is 1. The van der Waals surface area contributed by atoms with Crippen LogP contribution in [0.3, 0.4) is 0 Å². The summed E-state index contributed by atoms with van der Waals surface area (Å²) < 4.78 is 13.8. The van der Waals surface area contributed by atoms with Crippen molar-refractivity contribution in [3.05, 3.63) is 41.8 Å². The molecule has 1 aromatic heterocycles. The van der Waals surface area contributed by atoms with Crippen LogP contribution in [0.15, 0.2) is 34.7 Å². The van der Waals surface area contributed by atoms with Gasteiger partial charge in [-0.25, -0.2) is 14.2 Å². The van der Waals surface area contributed by atoms with E-state index >= 15 is 0 Å². The van der Waals surface area contributed by atoms with Crippen molar-refractivity contribution in [3.63, 3.8) is 0 Å². The molecule has 0 unspecified atom stereocenters. The number of hydrogen-bond donors (Lipinski definition) is 2. The quantitative estimate of drug-likeness (QED) is 0.328. The molecule has 0 spiro atoms. The van der Waals surface area contributed by atoms with Gasteiger partial charge in [0.05, 0.1) is 16.2 Å². The van der Waals surface area contributed by atoms with Crippen LogP contribution in [0.1, 0.15) is 51.0 Å². The molecule has 1 heterocycles. The van der Waals surface area contributed by atoms with Gasteiger partial charge in [0.1, 0.15) is 5.82 Å². The molecule has 1 aliphatic rings. The summed E-state index contributed by atoms with van der Waals surface area (Å²) in [5, 5.41) is 12.2. The second-order valence-electron chi connectivity index (χ2n) is 8.29. The van der Waals surface area contributed by atoms with Gasteiger partial charge in [0.15, 0.2) is 5.13 Å². The van der Waals surface area contributed by atoms with E-state index in [2.05, 4.69) is 17.2 Å². The van der Waals surface area contributed by atoms with Gasteiger partial charge >= 0.3 is 12.0 Å². The molecule has 1 fully saturated rings. The fraction of sp³-hybridized carbons (Fsp3) is 0.522. The van der Waals surface area contributed by atoms with E-state index in [0.717, 1.165) is 54.7 Å². The summed E-state index contributed by atoms with van der Waals surface area (Å²) in [6.07, 6.45) is 8.50. The number of benzene rings is 1. The number of halogens is 1. The molecule has 9 heteroatoms. The lowest BCUT2D eigenvalue weighted by atomic mass is 9.86. The summed E-state index contributed by atoms with van der Waals surface area (Å²) in [4.78, 5) is 30.0. The molecule has 174 valence electrons. The molecule has 0 saturated heterocycles. The topological polar surface area (TPSA) is 82.5 Å². The Morgan fingerprint density at radius 3 is 2.62 bits per heavy atom. The maximum Gasteiger partial charge on any atom is 0.323 e. The molecule has 0 bridgehead atoms. The molecule has 1 aliphatic carbocycles. The number of thiazole rings is 1. The number of urea groups is 1. The molecule has 32 heavy (non-hydrogen) atoms. The molecule has 0 atom stereocenters. The highest BCUT2D eigenvalue weighted by atomic mass is 32.2. The van der Waals surface area contributed by atoms with Crippen LogP contribution in [0.25, 0.3) is 0 Å². The normalized spacial score (nSPS) is 18.3. The minimum absolute atomic E-state index is 0.0317. The van der Waals surface area contributed by atoms with Crippen LogP contribution in [0.2, 0.25) is 0 Å². The van der Waals surface area contributed by atoms with Crippen molar-refractivity contribution in [1.82, 2.24) is 9.88 Å². The van der Waals surface area contributed by atoms with Gasteiger partial charge in [-0.1, -0.05) is 30.4 Å². The Balaban J connectivity index is 1.55. The summed E-state index contributed by atoms with van der Waals surface area (Å²) in [6, 6.07) is 6.66. The number of unbranched alkanes of at least 4 members (excludes halogenated alkanes) is 1. The van der Waals surface area contributed by atoms with Crippen LogP contribution in [0, 0.1) is 11.7 Å². The maximum atomic E-state index is 13.1. The first-order valence-corrected chi connectivity index (χ1v) is 12.8. The highest BCUT2D eigenvalue weighted by Crippen LogP contribution is 2.30. The van der Waals surface area contributed by atoms with Gasteiger partial charge in [0.2, 0.25) is 0 Å². The third-order valence-corrected chi connectivity index (χ3v) is 7.84. The fourth-order valence-electron chi connectivity index (χ4n) is 3.95. The second kappa shape index (κ2) is 12.2. The zero-order valence-corrected chi connectivity index (χ0v) is 19.9. The van der Waals surface area contributed by atoms with Crippen LogP contribution in [0.4, 0.5) is 14.3 Å². The Hall–Kier alpha value is -2.13. The smallest absolute Gasteiger partial charge is 0.323 e. The number of nitrogens with zero attached hydrogens (tertiary/aromatic N) is 2. The van der Waals surface area contributed by atoms with Crippen LogP contribution >= 0.6 is 23.1 Å². The van der Waals surface area contributed by atoms with E-state index in [1.54, 1.807) is 6.20 Å². The van der Waals surface area contributed by atoms with E-state index in [-0.39, 0.29) is 23.6 Å². The van der Waals surface area contributed by atoms with Crippen LogP contribution in [-0.2, 0) is 11.2 Å². The molecule has 2 amide bonds. The number of aromatic nitrogens is 1. The molecule has 1 aromatic carbocycles. The Labute approximate surface area is 196 Å². The minimum atomic E-state index is -0.882. The lowest BCUT2D eigenvalue weighted by Gasteiger charge is -2.36. The number of anilines is 1. The summed E-state index contributed by atoms with van der Waals surface area (Å²) in [6.45, 7) is 2.92. The van der Waals surface area contributed by atoms with Crippen molar-refractivity contribution in [2.45, 2.75) is 62.1 Å². The molecule has 2 N–H and O–H groups in total. The zero-order valence-electron chi connectivity index (χ0n) is 18.3. The molecule has 1 saturated carbocycles. The number of carboxylic acids is 1.